The summed E-state index contributed by atoms with van der Waals surface area (Å²) in [5.41, 5.74) is 38.4. The minimum absolute atomic E-state index is 0.962. The second-order valence-corrected chi connectivity index (χ2v) is 19.6. The first-order valence-electron chi connectivity index (χ1n) is 39.8. The van der Waals surface area contributed by atoms with E-state index in [9.17, 15) is 0 Å². The smallest absolute Gasteiger partial charge is 0.00132 e. The van der Waals surface area contributed by atoms with Gasteiger partial charge in [0.1, 0.15) is 0 Å². The van der Waals surface area contributed by atoms with E-state index >= 15 is 0 Å². The van der Waals surface area contributed by atoms with Crippen LogP contribution in [0.25, 0.3) is 99.8 Å². The summed E-state index contributed by atoms with van der Waals surface area (Å²) < 4.78 is 0. The third kappa shape index (κ3) is 20.8. The first-order chi connectivity index (χ1) is 48.4. The van der Waals surface area contributed by atoms with Crippen LogP contribution in [-0.2, 0) is 25.7 Å². The molecule has 0 heterocycles. The van der Waals surface area contributed by atoms with Gasteiger partial charge in [0.25, 0.3) is 0 Å². The summed E-state index contributed by atoms with van der Waals surface area (Å²) >= 11 is 0. The van der Waals surface area contributed by atoms with Gasteiger partial charge in [0.15, 0.2) is 0 Å². The molecule has 10 aromatic rings. The maximum absolute atomic E-state index is 2.54. The number of hydrogen-bond donors (Lipinski definition) is 0. The van der Waals surface area contributed by atoms with E-state index in [0.717, 1.165) is 25.7 Å². The Labute approximate surface area is 607 Å². The molecule has 0 aromatic heterocycles. The largest absolute Gasteiger partial charge is 0.0683 e. The molecule has 4 aliphatic carbocycles. The maximum atomic E-state index is 2.54. The lowest BCUT2D eigenvalue weighted by Crippen LogP contribution is -2.04. The molecule has 0 nitrogen and oxygen atoms in total. The van der Waals surface area contributed by atoms with E-state index in [1.165, 1.54) is 167 Å². The molecule has 0 saturated carbocycles. The highest BCUT2D eigenvalue weighted by Crippen LogP contribution is 2.53. The molecular formula is C98H144. The van der Waals surface area contributed by atoms with Crippen LogP contribution < -0.4 is 0 Å². The topological polar surface area (TPSA) is 0 Å². The zero-order chi connectivity index (χ0) is 75.9. The summed E-state index contributed by atoms with van der Waals surface area (Å²) in [5, 5.41) is 2.75. The van der Waals surface area contributed by atoms with E-state index in [1.807, 2.05) is 222 Å². The summed E-state index contributed by atoms with van der Waals surface area (Å²) in [5.74, 6) is 0. The fourth-order valence-electron chi connectivity index (χ4n) is 13.2. The normalized spacial score (nSPS) is 9.88. The van der Waals surface area contributed by atoms with Gasteiger partial charge in [-0.3, -0.25) is 0 Å². The Morgan fingerprint density at radius 2 is 0.327 bits per heavy atom. The van der Waals surface area contributed by atoms with Crippen LogP contribution in [0.15, 0.2) is 170 Å². The van der Waals surface area contributed by atoms with Crippen LogP contribution in [0, 0.1) is 27.7 Å². The van der Waals surface area contributed by atoms with E-state index in [4.69, 9.17) is 0 Å². The Balaban J connectivity index is -0.00000250. The standard InChI is InChI=1S/C66H48.16C2H6/c1-37-61(45-21-25-57-49(33-45)29-41-13-5-9-17-53(41)57)39(3)66-64(48-24-28-60-52(36-48)32-44-16-8-12-20-56(44)60)38(2)62(46-22-26-58-50(34-46)30-42-14-6-10-18-54(42)58)40(4)65(66)63(37)47-23-27-59-51(35-47)31-43-15-7-11-19-55(43)59;16*1-2/h5-28,33-36H,29-32H2,1-4H3;16*1-2H3. The van der Waals surface area contributed by atoms with Crippen LogP contribution in [0.3, 0.4) is 0 Å². The lowest BCUT2D eigenvalue weighted by molar-refractivity contribution is 1.26. The molecule has 0 heteroatoms. The fourth-order valence-corrected chi connectivity index (χ4v) is 13.2. The Hall–Kier alpha value is -7.54. The van der Waals surface area contributed by atoms with Crippen LogP contribution in [-0.4, -0.2) is 0 Å². The second-order valence-electron chi connectivity index (χ2n) is 19.6. The van der Waals surface area contributed by atoms with Gasteiger partial charge in [-0.25, -0.2) is 0 Å². The lowest BCUT2D eigenvalue weighted by Gasteiger charge is -2.27. The quantitative estimate of drug-likeness (QED) is 0.165. The van der Waals surface area contributed by atoms with Crippen molar-refractivity contribution in [3.63, 3.8) is 0 Å². The fraction of sp³-hybridized carbons (Fsp3) is 0.408. The molecule has 0 atom stereocenters. The molecular weight excluding hydrogens is 1180 g/mol. The first-order valence-corrected chi connectivity index (χ1v) is 39.8. The Kier molecular flexibility index (Phi) is 51.6. The van der Waals surface area contributed by atoms with Gasteiger partial charge in [-0.1, -0.05) is 391 Å². The summed E-state index contributed by atoms with van der Waals surface area (Å²) in [7, 11) is 0. The minimum atomic E-state index is 0.962. The Morgan fingerprint density at radius 3 is 0.520 bits per heavy atom. The average Bonchev–Trinajstić information content (AvgIpc) is 0.730. The average molecular weight is 1320 g/mol. The molecule has 0 bridgehead atoms. The Bertz CT molecular complexity index is 3550. The summed E-state index contributed by atoms with van der Waals surface area (Å²) in [6.07, 6.45) is 3.87. The molecule has 98 heavy (non-hydrogen) atoms. The van der Waals surface area contributed by atoms with E-state index in [2.05, 4.69) is 198 Å². The third-order valence-corrected chi connectivity index (χ3v) is 16.1. The molecule has 0 fully saturated rings. The molecule has 0 spiro atoms. The van der Waals surface area contributed by atoms with Crippen LogP contribution in [0.5, 0.6) is 0 Å². The van der Waals surface area contributed by atoms with E-state index in [1.54, 1.807) is 0 Å². The van der Waals surface area contributed by atoms with E-state index in [-0.39, 0.29) is 0 Å². The van der Waals surface area contributed by atoms with Crippen LogP contribution in [0.4, 0.5) is 0 Å². The van der Waals surface area contributed by atoms with Gasteiger partial charge < -0.3 is 0 Å². The molecule has 0 unspecified atom stereocenters. The molecule has 0 amide bonds. The van der Waals surface area contributed by atoms with Crippen LogP contribution in [0.2, 0.25) is 0 Å². The van der Waals surface area contributed by atoms with Crippen LogP contribution >= 0.6 is 0 Å². The summed E-state index contributed by atoms with van der Waals surface area (Å²) in [6, 6.07) is 65.3. The van der Waals surface area contributed by atoms with Crippen molar-refractivity contribution >= 4 is 10.8 Å². The van der Waals surface area contributed by atoms with Crippen molar-refractivity contribution < 1.29 is 0 Å². The summed E-state index contributed by atoms with van der Waals surface area (Å²) in [6.45, 7) is 73.7. The van der Waals surface area contributed by atoms with Gasteiger partial charge in [0.2, 0.25) is 0 Å². The van der Waals surface area contributed by atoms with Crippen molar-refractivity contribution in [1.82, 2.24) is 0 Å². The second kappa shape index (κ2) is 53.4. The van der Waals surface area contributed by atoms with Crippen LogP contribution in [0.1, 0.15) is 288 Å². The zero-order valence-corrected chi connectivity index (χ0v) is 70.0. The lowest BCUT2D eigenvalue weighted by atomic mass is 9.76. The number of fused-ring (bicyclic) bond motifs is 13. The number of rotatable bonds is 4. The summed E-state index contributed by atoms with van der Waals surface area (Å²) in [4.78, 5) is 0. The predicted molar refractivity (Wildman–Crippen MR) is 459 cm³/mol. The van der Waals surface area contributed by atoms with Gasteiger partial charge in [-0.2, -0.15) is 0 Å². The van der Waals surface area contributed by atoms with Gasteiger partial charge in [0, 0.05) is 0 Å². The monoisotopic (exact) mass is 1320 g/mol. The zero-order valence-electron chi connectivity index (χ0n) is 70.0. The minimum Gasteiger partial charge on any atom is -0.0683 e. The SMILES string of the molecule is CC.CC.CC.CC.CC.CC.CC.CC.CC.CC.CC.CC.CC.CC.CC.CC.Cc1c(-c2ccc3c(c2)Cc2ccccc2-3)c(C)c2c(-c3ccc4c(c3)Cc3ccccc3-4)c(C)c(-c3ccc4c(c3)Cc3ccccc3-4)c(C)c2c1-c1ccc2c(c1)Cc1ccccc1-2. The number of hydrogen-bond acceptors (Lipinski definition) is 0. The van der Waals surface area contributed by atoms with Crippen molar-refractivity contribution in [2.45, 2.75) is 275 Å². The van der Waals surface area contributed by atoms with Crippen molar-refractivity contribution in [2.24, 2.45) is 0 Å². The van der Waals surface area contributed by atoms with Gasteiger partial charge >= 0.3 is 0 Å². The third-order valence-electron chi connectivity index (χ3n) is 16.1. The van der Waals surface area contributed by atoms with Gasteiger partial charge in [-0.15, -0.1) is 0 Å². The molecule has 10 aromatic carbocycles. The molecule has 0 saturated heterocycles. The molecule has 4 aliphatic rings. The molecule has 536 valence electrons. The van der Waals surface area contributed by atoms with Crippen molar-refractivity contribution in [2.75, 3.05) is 0 Å². The highest BCUT2D eigenvalue weighted by atomic mass is 14.3. The maximum Gasteiger partial charge on any atom is -0.00132 e. The van der Waals surface area contributed by atoms with Crippen molar-refractivity contribution in [1.29, 1.82) is 0 Å². The molecule has 0 aliphatic heterocycles. The number of benzene rings is 10. The van der Waals surface area contributed by atoms with Crippen molar-refractivity contribution in [3.8, 4) is 89.0 Å². The predicted octanol–water partition coefficient (Wildman–Crippen LogP) is 33.4. The van der Waals surface area contributed by atoms with E-state index in [0.29, 0.717) is 0 Å². The van der Waals surface area contributed by atoms with Gasteiger partial charge in [-0.05, 0) is 220 Å². The highest BCUT2D eigenvalue weighted by molar-refractivity contribution is 6.16. The molecule has 14 rings (SSSR count). The highest BCUT2D eigenvalue weighted by Gasteiger charge is 2.30. The van der Waals surface area contributed by atoms with E-state index < -0.39 is 0 Å². The van der Waals surface area contributed by atoms with Gasteiger partial charge in [0.05, 0.1) is 0 Å². The number of aryl methyl sites for hydroxylation is 2. The Morgan fingerprint density at radius 1 is 0.163 bits per heavy atom. The first kappa shape index (κ1) is 94.6. The van der Waals surface area contributed by atoms with Crippen molar-refractivity contribution in [3.05, 3.63) is 237 Å². The molecule has 0 radical (unpaired) electrons. The molecule has 0 N–H and O–H groups in total.